The second-order valence-corrected chi connectivity index (χ2v) is 10.8. The molecule has 1 unspecified atom stereocenters. The van der Waals surface area contributed by atoms with Gasteiger partial charge in [-0.25, -0.2) is 4.98 Å². The number of hydrogen-bond donors (Lipinski definition) is 2. The van der Waals surface area contributed by atoms with E-state index in [9.17, 15) is 14.7 Å². The van der Waals surface area contributed by atoms with E-state index < -0.39 is 23.7 Å². The number of carbonyl (C=O) groups is 1. The first-order valence-electron chi connectivity index (χ1n) is 12.2. The van der Waals surface area contributed by atoms with Gasteiger partial charge in [0.15, 0.2) is 0 Å². The molecular weight excluding hydrogens is 444 g/mol. The Bertz CT molecular complexity index is 1270. The zero-order valence-electron chi connectivity index (χ0n) is 21.5. The summed E-state index contributed by atoms with van der Waals surface area (Å²) in [6.45, 7) is 10.1. The van der Waals surface area contributed by atoms with Crippen LogP contribution in [0.2, 0.25) is 0 Å². The molecule has 1 aromatic carbocycles. The van der Waals surface area contributed by atoms with Gasteiger partial charge in [0.2, 0.25) is 0 Å². The molecule has 2 heterocycles. The van der Waals surface area contributed by atoms with E-state index in [1.165, 1.54) is 12.8 Å². The van der Waals surface area contributed by atoms with E-state index in [2.05, 4.69) is 16.0 Å². The van der Waals surface area contributed by atoms with E-state index in [1.54, 1.807) is 18.5 Å². The van der Waals surface area contributed by atoms with Crippen LogP contribution in [0.4, 0.5) is 0 Å². The summed E-state index contributed by atoms with van der Waals surface area (Å²) in [6, 6.07) is 7.13. The molecule has 8 heteroatoms. The summed E-state index contributed by atoms with van der Waals surface area (Å²) in [7, 11) is 1.76. The maximum atomic E-state index is 12.6. The number of ether oxygens (including phenoxy) is 1. The molecule has 0 saturated heterocycles. The number of hydrogen-bond acceptors (Lipinski definition) is 6. The molecule has 8 nitrogen and oxygen atoms in total. The van der Waals surface area contributed by atoms with E-state index in [4.69, 9.17) is 9.72 Å². The minimum Gasteiger partial charge on any atom is -0.459 e. The van der Waals surface area contributed by atoms with Crippen LogP contribution in [-0.2, 0) is 29.7 Å². The summed E-state index contributed by atoms with van der Waals surface area (Å²) in [4.78, 5) is 29.7. The summed E-state index contributed by atoms with van der Waals surface area (Å²) >= 11 is 0. The van der Waals surface area contributed by atoms with Gasteiger partial charge in [0.05, 0.1) is 17.1 Å². The van der Waals surface area contributed by atoms with E-state index in [0.717, 1.165) is 34.5 Å². The fraction of sp³-hybridized carbons (Fsp3) is 0.519. The fourth-order valence-corrected chi connectivity index (χ4v) is 4.29. The topological polar surface area (TPSA) is 98.4 Å². The molecule has 1 aliphatic rings. The first-order chi connectivity index (χ1) is 16.4. The highest BCUT2D eigenvalue weighted by Crippen LogP contribution is 2.34. The molecule has 0 amide bonds. The number of esters is 1. The van der Waals surface area contributed by atoms with Crippen LogP contribution >= 0.6 is 0 Å². The molecule has 188 valence electrons. The SMILES string of the molecule is Cc1cc(-c2nc3ccc(CNC(C(=O)OC(C)(C)C)[C@@H](C)O)cc3n2CC2CC2)cn(C)c1=O. The van der Waals surface area contributed by atoms with Crippen molar-refractivity contribution in [1.82, 2.24) is 19.4 Å². The van der Waals surface area contributed by atoms with E-state index in [-0.39, 0.29) is 5.56 Å². The van der Waals surface area contributed by atoms with Gasteiger partial charge in [-0.3, -0.25) is 14.9 Å². The minimum atomic E-state index is -0.895. The van der Waals surface area contributed by atoms with Gasteiger partial charge < -0.3 is 19.0 Å². The second-order valence-electron chi connectivity index (χ2n) is 10.8. The molecule has 0 spiro atoms. The van der Waals surface area contributed by atoms with Crippen molar-refractivity contribution in [2.24, 2.45) is 13.0 Å². The van der Waals surface area contributed by atoms with E-state index >= 15 is 0 Å². The van der Waals surface area contributed by atoms with Gasteiger partial charge in [0.1, 0.15) is 17.5 Å². The molecule has 2 aromatic heterocycles. The molecule has 1 aliphatic carbocycles. The lowest BCUT2D eigenvalue weighted by atomic mass is 10.1. The van der Waals surface area contributed by atoms with Gasteiger partial charge >= 0.3 is 5.97 Å². The molecule has 2 atom stereocenters. The van der Waals surface area contributed by atoms with Crippen LogP contribution in [0.25, 0.3) is 22.4 Å². The van der Waals surface area contributed by atoms with Gasteiger partial charge in [-0.1, -0.05) is 6.07 Å². The number of rotatable bonds is 8. The third-order valence-electron chi connectivity index (χ3n) is 6.24. The minimum absolute atomic E-state index is 0.00961. The predicted molar refractivity (Wildman–Crippen MR) is 136 cm³/mol. The standard InChI is InChI=1S/C27H36N4O4/c1-16-11-20(15-30(6)25(16)33)24-29-21-10-9-19(12-22(21)31(24)14-18-7-8-18)13-28-23(17(2)32)26(34)35-27(3,4)5/h9-12,15,17-18,23,28,32H,7-8,13-14H2,1-6H3/t17-,23?/m1/s1. The van der Waals surface area contributed by atoms with Crippen molar-refractivity contribution in [3.63, 3.8) is 0 Å². The molecule has 3 aromatic rings. The van der Waals surface area contributed by atoms with Crippen LogP contribution in [0.1, 0.15) is 51.7 Å². The highest BCUT2D eigenvalue weighted by Gasteiger charge is 2.29. The van der Waals surface area contributed by atoms with Crippen LogP contribution in [-0.4, -0.2) is 42.9 Å². The van der Waals surface area contributed by atoms with Crippen molar-refractivity contribution < 1.29 is 14.6 Å². The predicted octanol–water partition coefficient (Wildman–Crippen LogP) is 3.30. The Morgan fingerprint density at radius 3 is 2.60 bits per heavy atom. The Balaban J connectivity index is 1.65. The van der Waals surface area contributed by atoms with Crippen molar-refractivity contribution in [2.75, 3.05) is 0 Å². The number of aliphatic hydroxyl groups is 1. The zero-order valence-corrected chi connectivity index (χ0v) is 21.5. The third-order valence-corrected chi connectivity index (χ3v) is 6.24. The number of pyridine rings is 1. The second kappa shape index (κ2) is 9.59. The highest BCUT2D eigenvalue weighted by atomic mass is 16.6. The average Bonchev–Trinajstić information content (AvgIpc) is 3.50. The average molecular weight is 481 g/mol. The van der Waals surface area contributed by atoms with Gasteiger partial charge in [-0.05, 0) is 77.1 Å². The number of aliphatic hydroxyl groups excluding tert-OH is 1. The molecule has 35 heavy (non-hydrogen) atoms. The van der Waals surface area contributed by atoms with Gasteiger partial charge in [0.25, 0.3) is 5.56 Å². The highest BCUT2D eigenvalue weighted by molar-refractivity contribution is 5.81. The van der Waals surface area contributed by atoms with Crippen LogP contribution in [0.15, 0.2) is 35.3 Å². The number of nitrogens with one attached hydrogen (secondary N) is 1. The first-order valence-corrected chi connectivity index (χ1v) is 12.2. The summed E-state index contributed by atoms with van der Waals surface area (Å²) < 4.78 is 9.32. The van der Waals surface area contributed by atoms with Gasteiger partial charge in [-0.2, -0.15) is 0 Å². The van der Waals surface area contributed by atoms with E-state index in [1.807, 2.05) is 52.1 Å². The molecule has 0 aliphatic heterocycles. The first kappa shape index (κ1) is 25.1. The number of nitrogens with zero attached hydrogens (tertiary/aromatic N) is 3. The molecule has 2 N–H and O–H groups in total. The Morgan fingerprint density at radius 1 is 1.29 bits per heavy atom. The molecule has 1 fully saturated rings. The van der Waals surface area contributed by atoms with Gasteiger partial charge in [0, 0.05) is 37.5 Å². The third kappa shape index (κ3) is 5.82. The Hall–Kier alpha value is -2.97. The smallest absolute Gasteiger partial charge is 0.326 e. The van der Waals surface area contributed by atoms with Crippen molar-refractivity contribution in [3.8, 4) is 11.4 Å². The monoisotopic (exact) mass is 480 g/mol. The number of aromatic nitrogens is 3. The van der Waals surface area contributed by atoms with E-state index in [0.29, 0.717) is 18.0 Å². The Kier molecular flexibility index (Phi) is 6.88. The molecular formula is C27H36N4O4. The van der Waals surface area contributed by atoms with Crippen molar-refractivity contribution in [1.29, 1.82) is 0 Å². The normalized spacial score (nSPS) is 15.9. The van der Waals surface area contributed by atoms with Crippen molar-refractivity contribution in [3.05, 3.63) is 51.9 Å². The number of imidazole rings is 1. The summed E-state index contributed by atoms with van der Waals surface area (Å²) in [5.74, 6) is 1.01. The maximum Gasteiger partial charge on any atom is 0.326 e. The lowest BCUT2D eigenvalue weighted by Crippen LogP contribution is -2.47. The Morgan fingerprint density at radius 2 is 2.00 bits per heavy atom. The number of fused-ring (bicyclic) bond motifs is 1. The lowest BCUT2D eigenvalue weighted by molar-refractivity contribution is -0.160. The molecule has 0 radical (unpaired) electrons. The quantitative estimate of drug-likeness (QED) is 0.480. The van der Waals surface area contributed by atoms with Crippen LogP contribution < -0.4 is 10.9 Å². The number of aryl methyl sites for hydroxylation is 2. The number of benzene rings is 1. The van der Waals surface area contributed by atoms with Crippen molar-refractivity contribution >= 4 is 17.0 Å². The summed E-state index contributed by atoms with van der Waals surface area (Å²) in [5, 5.41) is 13.3. The maximum absolute atomic E-state index is 12.6. The van der Waals surface area contributed by atoms with Crippen LogP contribution in [0.3, 0.4) is 0 Å². The zero-order chi connectivity index (χ0) is 25.5. The lowest BCUT2D eigenvalue weighted by Gasteiger charge is -2.26. The fourth-order valence-electron chi connectivity index (χ4n) is 4.29. The van der Waals surface area contributed by atoms with Gasteiger partial charge in [-0.15, -0.1) is 0 Å². The van der Waals surface area contributed by atoms with Crippen LogP contribution in [0.5, 0.6) is 0 Å². The molecule has 1 saturated carbocycles. The molecule has 4 rings (SSSR count). The molecule has 0 bridgehead atoms. The number of carbonyl (C=O) groups excluding carboxylic acids is 1. The largest absolute Gasteiger partial charge is 0.459 e. The van der Waals surface area contributed by atoms with Crippen molar-refractivity contribution in [2.45, 2.75) is 78.3 Å². The van der Waals surface area contributed by atoms with Crippen LogP contribution in [0, 0.1) is 12.8 Å². The Labute approximate surface area is 205 Å². The summed E-state index contributed by atoms with van der Waals surface area (Å²) in [6.07, 6.45) is 3.36. The summed E-state index contributed by atoms with van der Waals surface area (Å²) in [5.41, 5.74) is 3.84.